The van der Waals surface area contributed by atoms with Crippen LogP contribution in [0, 0.1) is 6.92 Å². The third kappa shape index (κ3) is 2.44. The number of fused-ring (bicyclic) bond motifs is 4. The van der Waals surface area contributed by atoms with E-state index in [-0.39, 0.29) is 11.4 Å². The highest BCUT2D eigenvalue weighted by atomic mass is 16.2. The average molecular weight is 399 g/mol. The van der Waals surface area contributed by atoms with Gasteiger partial charge in [0.05, 0.1) is 16.9 Å². The summed E-state index contributed by atoms with van der Waals surface area (Å²) in [6.07, 6.45) is 8.70. The topological polar surface area (TPSA) is 51.0 Å². The number of aromatic nitrogens is 3. The number of benzene rings is 1. The SMILES string of the molecule is Cc1ncccc1-c1ccc2c(c1)-n1nc(C3CCCC3)cc1C(=O)N(C)C21CC1. The maximum absolute atomic E-state index is 13.5. The first-order chi connectivity index (χ1) is 14.6. The summed E-state index contributed by atoms with van der Waals surface area (Å²) in [4.78, 5) is 19.9. The zero-order valence-electron chi connectivity index (χ0n) is 17.6. The van der Waals surface area contributed by atoms with E-state index in [9.17, 15) is 4.79 Å². The molecule has 1 spiro atoms. The molecule has 2 fully saturated rings. The van der Waals surface area contributed by atoms with Crippen LogP contribution in [0.3, 0.4) is 0 Å². The van der Waals surface area contributed by atoms with Crippen molar-refractivity contribution in [3.8, 4) is 16.8 Å². The highest BCUT2D eigenvalue weighted by Gasteiger charge is 2.53. The Kier molecular flexibility index (Phi) is 3.74. The maximum atomic E-state index is 13.5. The summed E-state index contributed by atoms with van der Waals surface area (Å²) in [7, 11) is 1.95. The Morgan fingerprint density at radius 2 is 1.90 bits per heavy atom. The number of amides is 1. The number of nitrogens with zero attached hydrogens (tertiary/aromatic N) is 4. The number of hydrogen-bond donors (Lipinski definition) is 0. The minimum absolute atomic E-state index is 0.0829. The Morgan fingerprint density at radius 1 is 1.10 bits per heavy atom. The van der Waals surface area contributed by atoms with E-state index in [0.29, 0.717) is 11.6 Å². The van der Waals surface area contributed by atoms with E-state index in [0.717, 1.165) is 41.0 Å². The number of aryl methyl sites for hydroxylation is 1. The predicted octanol–water partition coefficient (Wildman–Crippen LogP) is 4.98. The van der Waals surface area contributed by atoms with Crippen molar-refractivity contribution in [1.29, 1.82) is 0 Å². The van der Waals surface area contributed by atoms with Crippen molar-refractivity contribution in [3.63, 3.8) is 0 Å². The second kappa shape index (κ2) is 6.27. The summed E-state index contributed by atoms with van der Waals surface area (Å²) in [6, 6.07) is 12.7. The summed E-state index contributed by atoms with van der Waals surface area (Å²) >= 11 is 0. The van der Waals surface area contributed by atoms with Gasteiger partial charge >= 0.3 is 0 Å². The van der Waals surface area contributed by atoms with Crippen molar-refractivity contribution in [2.75, 3.05) is 7.05 Å². The Labute approximate surface area is 176 Å². The molecule has 3 heterocycles. The number of carbonyl (C=O) groups is 1. The highest BCUT2D eigenvalue weighted by molar-refractivity contribution is 5.95. The van der Waals surface area contributed by atoms with E-state index < -0.39 is 0 Å². The molecule has 3 aliphatic rings. The molecule has 2 aliphatic carbocycles. The molecular formula is C25H26N4O. The standard InChI is InChI=1S/C25H26N4O/c1-16-19(8-5-13-26-16)18-9-10-20-22(14-18)29-23(24(30)28(2)25(20)11-12-25)15-21(27-29)17-6-3-4-7-17/h5,8-10,13-15,17H,3-4,6-7,11-12H2,1-2H3. The third-order valence-corrected chi connectivity index (χ3v) is 7.44. The van der Waals surface area contributed by atoms with E-state index in [1.54, 1.807) is 0 Å². The van der Waals surface area contributed by atoms with Gasteiger partial charge in [-0.15, -0.1) is 0 Å². The fourth-order valence-corrected chi connectivity index (χ4v) is 5.48. The van der Waals surface area contributed by atoms with E-state index in [1.165, 1.54) is 31.2 Å². The molecule has 0 atom stereocenters. The summed E-state index contributed by atoms with van der Waals surface area (Å²) in [5, 5.41) is 5.02. The van der Waals surface area contributed by atoms with Crippen LogP contribution in [0.15, 0.2) is 42.6 Å². The van der Waals surface area contributed by atoms with Crippen LogP contribution < -0.4 is 0 Å². The van der Waals surface area contributed by atoms with Crippen LogP contribution in [-0.4, -0.2) is 32.6 Å². The van der Waals surface area contributed by atoms with Crippen LogP contribution in [-0.2, 0) is 5.54 Å². The van der Waals surface area contributed by atoms with Gasteiger partial charge < -0.3 is 4.90 Å². The second-order valence-corrected chi connectivity index (χ2v) is 9.11. The van der Waals surface area contributed by atoms with Crippen molar-refractivity contribution >= 4 is 5.91 Å². The number of hydrogen-bond acceptors (Lipinski definition) is 3. The second-order valence-electron chi connectivity index (χ2n) is 9.11. The first-order valence-corrected chi connectivity index (χ1v) is 11.0. The predicted molar refractivity (Wildman–Crippen MR) is 116 cm³/mol. The number of pyridine rings is 1. The Morgan fingerprint density at radius 3 is 2.63 bits per heavy atom. The molecule has 0 bridgehead atoms. The monoisotopic (exact) mass is 398 g/mol. The molecule has 1 amide bonds. The number of rotatable bonds is 2. The van der Waals surface area contributed by atoms with Gasteiger partial charge in [0.15, 0.2) is 0 Å². The summed E-state index contributed by atoms with van der Waals surface area (Å²) in [6.45, 7) is 2.04. The van der Waals surface area contributed by atoms with Gasteiger partial charge in [-0.25, -0.2) is 4.68 Å². The molecule has 2 saturated carbocycles. The minimum atomic E-state index is -0.191. The molecular weight excluding hydrogens is 372 g/mol. The molecule has 0 unspecified atom stereocenters. The normalized spacial score (nSPS) is 19.7. The Bertz CT molecular complexity index is 1170. The van der Waals surface area contributed by atoms with Crippen molar-refractivity contribution in [2.24, 2.45) is 0 Å². The van der Waals surface area contributed by atoms with Gasteiger partial charge in [0.2, 0.25) is 0 Å². The molecule has 0 N–H and O–H groups in total. The highest BCUT2D eigenvalue weighted by Crippen LogP contribution is 2.54. The lowest BCUT2D eigenvalue weighted by Gasteiger charge is -2.27. The quantitative estimate of drug-likeness (QED) is 0.612. The fraction of sp³-hybridized carbons (Fsp3) is 0.400. The molecule has 30 heavy (non-hydrogen) atoms. The first-order valence-electron chi connectivity index (χ1n) is 11.0. The minimum Gasteiger partial charge on any atom is -0.331 e. The number of carbonyl (C=O) groups excluding carboxylic acids is 1. The maximum Gasteiger partial charge on any atom is 0.273 e. The van der Waals surface area contributed by atoms with Crippen molar-refractivity contribution < 1.29 is 4.79 Å². The van der Waals surface area contributed by atoms with Gasteiger partial charge in [-0.2, -0.15) is 5.10 Å². The van der Waals surface area contributed by atoms with Gasteiger partial charge in [-0.05, 0) is 56.4 Å². The largest absolute Gasteiger partial charge is 0.331 e. The van der Waals surface area contributed by atoms with E-state index in [1.807, 2.05) is 35.8 Å². The molecule has 152 valence electrons. The van der Waals surface area contributed by atoms with E-state index >= 15 is 0 Å². The molecule has 0 saturated heterocycles. The molecule has 6 rings (SSSR count). The fourth-order valence-electron chi connectivity index (χ4n) is 5.48. The molecule has 1 aromatic carbocycles. The zero-order valence-corrected chi connectivity index (χ0v) is 17.6. The zero-order chi connectivity index (χ0) is 20.5. The van der Waals surface area contributed by atoms with Crippen LogP contribution in [0.2, 0.25) is 0 Å². The Hall–Kier alpha value is -2.95. The summed E-state index contributed by atoms with van der Waals surface area (Å²) < 4.78 is 1.93. The molecule has 1 aliphatic heterocycles. The van der Waals surface area contributed by atoms with Crippen molar-refractivity contribution in [2.45, 2.75) is 56.9 Å². The molecule has 2 aromatic heterocycles. The lowest BCUT2D eigenvalue weighted by Crippen LogP contribution is -2.36. The van der Waals surface area contributed by atoms with Crippen molar-refractivity contribution in [3.05, 3.63) is 65.2 Å². The molecule has 5 nitrogen and oxygen atoms in total. The molecule has 3 aromatic rings. The van der Waals surface area contributed by atoms with Gasteiger partial charge in [-0.3, -0.25) is 9.78 Å². The van der Waals surface area contributed by atoms with Crippen LogP contribution in [0.1, 0.15) is 71.9 Å². The van der Waals surface area contributed by atoms with E-state index in [2.05, 4.69) is 35.3 Å². The van der Waals surface area contributed by atoms with Crippen LogP contribution in [0.4, 0.5) is 0 Å². The van der Waals surface area contributed by atoms with Crippen molar-refractivity contribution in [1.82, 2.24) is 19.7 Å². The molecule has 0 radical (unpaired) electrons. The lowest BCUT2D eigenvalue weighted by atomic mass is 9.96. The summed E-state index contributed by atoms with van der Waals surface area (Å²) in [5.74, 6) is 0.559. The average Bonchev–Trinajstić information content (AvgIpc) is 3.19. The van der Waals surface area contributed by atoms with Gasteiger partial charge in [0, 0.05) is 36.0 Å². The third-order valence-electron chi connectivity index (χ3n) is 7.44. The van der Waals surface area contributed by atoms with E-state index in [4.69, 9.17) is 5.10 Å². The first kappa shape index (κ1) is 17.9. The van der Waals surface area contributed by atoms with Crippen LogP contribution >= 0.6 is 0 Å². The smallest absolute Gasteiger partial charge is 0.273 e. The lowest BCUT2D eigenvalue weighted by molar-refractivity contribution is 0.0704. The van der Waals surface area contributed by atoms with Gasteiger partial charge in [-0.1, -0.05) is 31.0 Å². The molecule has 5 heteroatoms. The Balaban J connectivity index is 1.58. The van der Waals surface area contributed by atoms with Crippen LogP contribution in [0.5, 0.6) is 0 Å². The van der Waals surface area contributed by atoms with Gasteiger partial charge in [0.25, 0.3) is 5.91 Å². The summed E-state index contributed by atoms with van der Waals surface area (Å²) in [5.41, 5.74) is 7.09. The van der Waals surface area contributed by atoms with Crippen LogP contribution in [0.25, 0.3) is 16.8 Å². The van der Waals surface area contributed by atoms with Gasteiger partial charge in [0.1, 0.15) is 5.69 Å².